The molecule has 3 aromatic rings. The molecule has 5 heteroatoms. The van der Waals surface area contributed by atoms with Crippen LogP contribution in [-0.4, -0.2) is 15.8 Å². The molecule has 0 atom stereocenters. The molecule has 0 fully saturated rings. The lowest BCUT2D eigenvalue weighted by Gasteiger charge is -2.12. The van der Waals surface area contributed by atoms with Gasteiger partial charge in [0.2, 0.25) is 5.75 Å². The second-order valence-electron chi connectivity index (χ2n) is 4.50. The first-order valence-corrected chi connectivity index (χ1v) is 7.96. The lowest BCUT2D eigenvalue weighted by atomic mass is 10.3. The molecular formula is C17H14N2O2S. The van der Waals surface area contributed by atoms with E-state index in [0.717, 1.165) is 5.69 Å². The van der Waals surface area contributed by atoms with Crippen molar-refractivity contribution in [3.05, 3.63) is 77.2 Å². The molecule has 4 nitrogen and oxygen atoms in total. The normalized spacial score (nSPS) is 10.4. The Hall–Kier alpha value is -2.53. The smallest absolute Gasteiger partial charge is 0.301 e. The molecule has 0 amide bonds. The van der Waals surface area contributed by atoms with Gasteiger partial charge in [0.25, 0.3) is 0 Å². The van der Waals surface area contributed by atoms with Gasteiger partial charge in [0.1, 0.15) is 5.75 Å². The van der Waals surface area contributed by atoms with Crippen molar-refractivity contribution in [2.45, 2.75) is 5.16 Å². The maximum Gasteiger partial charge on any atom is 0.301 e. The van der Waals surface area contributed by atoms with Gasteiger partial charge in [-0.15, -0.1) is 0 Å². The third-order valence-electron chi connectivity index (χ3n) is 3.07. The van der Waals surface area contributed by atoms with Gasteiger partial charge in [0, 0.05) is 0 Å². The second kappa shape index (κ2) is 6.49. The van der Waals surface area contributed by atoms with Gasteiger partial charge in [0.15, 0.2) is 5.16 Å². The summed E-state index contributed by atoms with van der Waals surface area (Å²) in [6, 6.07) is 18.6. The predicted molar refractivity (Wildman–Crippen MR) is 88.1 cm³/mol. The number of hydrogen-bond acceptors (Lipinski definition) is 4. The van der Waals surface area contributed by atoms with Crippen LogP contribution in [-0.2, 0) is 0 Å². The van der Waals surface area contributed by atoms with Crippen molar-refractivity contribution in [1.29, 1.82) is 0 Å². The Morgan fingerprint density at radius 1 is 1.00 bits per heavy atom. The SMILES string of the molecule is CSc1ncc(Oc2ccccc2)c(=O)n1-c1ccccc1. The summed E-state index contributed by atoms with van der Waals surface area (Å²) < 4.78 is 7.22. The average molecular weight is 310 g/mol. The zero-order valence-electron chi connectivity index (χ0n) is 12.0. The van der Waals surface area contributed by atoms with Crippen molar-refractivity contribution >= 4 is 11.8 Å². The molecule has 0 radical (unpaired) electrons. The van der Waals surface area contributed by atoms with E-state index in [0.29, 0.717) is 10.9 Å². The summed E-state index contributed by atoms with van der Waals surface area (Å²) in [5.41, 5.74) is 0.539. The third kappa shape index (κ3) is 2.89. The molecule has 0 saturated heterocycles. The number of nitrogens with zero attached hydrogens (tertiary/aromatic N) is 2. The largest absolute Gasteiger partial charge is 0.450 e. The Kier molecular flexibility index (Phi) is 4.25. The molecule has 0 aliphatic rings. The Morgan fingerprint density at radius 2 is 1.64 bits per heavy atom. The van der Waals surface area contributed by atoms with Crippen molar-refractivity contribution in [3.63, 3.8) is 0 Å². The fourth-order valence-corrected chi connectivity index (χ4v) is 2.59. The van der Waals surface area contributed by atoms with Crippen LogP contribution in [0.5, 0.6) is 11.5 Å². The maximum atomic E-state index is 12.7. The molecule has 1 aromatic heterocycles. The Labute approximate surface area is 132 Å². The number of hydrogen-bond donors (Lipinski definition) is 0. The van der Waals surface area contributed by atoms with Gasteiger partial charge in [-0.2, -0.15) is 0 Å². The van der Waals surface area contributed by atoms with Crippen LogP contribution in [0.3, 0.4) is 0 Å². The van der Waals surface area contributed by atoms with Gasteiger partial charge in [0.05, 0.1) is 11.9 Å². The van der Waals surface area contributed by atoms with Crippen LogP contribution in [0, 0.1) is 0 Å². The molecule has 2 aromatic carbocycles. The minimum atomic E-state index is -0.227. The molecule has 0 aliphatic heterocycles. The van der Waals surface area contributed by atoms with Crippen LogP contribution in [0.1, 0.15) is 0 Å². The number of rotatable bonds is 4. The number of thioether (sulfide) groups is 1. The first-order chi connectivity index (χ1) is 10.8. The lowest BCUT2D eigenvalue weighted by Crippen LogP contribution is -2.22. The number of aromatic nitrogens is 2. The highest BCUT2D eigenvalue weighted by Gasteiger charge is 2.13. The van der Waals surface area contributed by atoms with E-state index >= 15 is 0 Å². The number of benzene rings is 2. The topological polar surface area (TPSA) is 44.1 Å². The first kappa shape index (κ1) is 14.4. The molecule has 3 rings (SSSR count). The highest BCUT2D eigenvalue weighted by atomic mass is 32.2. The molecule has 0 N–H and O–H groups in total. The first-order valence-electron chi connectivity index (χ1n) is 6.74. The van der Waals surface area contributed by atoms with Gasteiger partial charge in [-0.05, 0) is 30.5 Å². The molecule has 110 valence electrons. The predicted octanol–water partition coefficient (Wildman–Crippen LogP) is 3.75. The fourth-order valence-electron chi connectivity index (χ4n) is 2.06. The standard InChI is InChI=1S/C17H14N2O2S/c1-22-17-18-12-15(21-14-10-6-3-7-11-14)16(20)19(17)13-8-4-2-5-9-13/h2-12H,1H3. The average Bonchev–Trinajstić information content (AvgIpc) is 2.58. The van der Waals surface area contributed by atoms with Crippen LogP contribution >= 0.6 is 11.8 Å². The van der Waals surface area contributed by atoms with E-state index in [2.05, 4.69) is 4.98 Å². The van der Waals surface area contributed by atoms with Crippen molar-refractivity contribution in [3.8, 4) is 17.2 Å². The van der Waals surface area contributed by atoms with Gasteiger partial charge in [-0.25, -0.2) is 4.98 Å². The van der Waals surface area contributed by atoms with Crippen LogP contribution in [0.25, 0.3) is 5.69 Å². The summed E-state index contributed by atoms with van der Waals surface area (Å²) >= 11 is 1.42. The minimum absolute atomic E-state index is 0.202. The lowest BCUT2D eigenvalue weighted by molar-refractivity contribution is 0.464. The number of ether oxygens (including phenoxy) is 1. The summed E-state index contributed by atoms with van der Waals surface area (Å²) in [7, 11) is 0. The number of para-hydroxylation sites is 2. The third-order valence-corrected chi connectivity index (χ3v) is 3.72. The second-order valence-corrected chi connectivity index (χ2v) is 5.27. The Morgan fingerprint density at radius 3 is 2.27 bits per heavy atom. The molecule has 0 unspecified atom stereocenters. The van der Waals surface area contributed by atoms with Crippen molar-refractivity contribution in [1.82, 2.24) is 9.55 Å². The summed E-state index contributed by atoms with van der Waals surface area (Å²) in [4.78, 5) is 17.1. The molecule has 0 saturated carbocycles. The van der Waals surface area contributed by atoms with Gasteiger partial charge < -0.3 is 4.74 Å². The highest BCUT2D eigenvalue weighted by molar-refractivity contribution is 7.98. The van der Waals surface area contributed by atoms with Gasteiger partial charge in [-0.3, -0.25) is 9.36 Å². The summed E-state index contributed by atoms with van der Waals surface area (Å²) in [5.74, 6) is 0.811. The fraction of sp³-hybridized carbons (Fsp3) is 0.0588. The van der Waals surface area contributed by atoms with E-state index in [4.69, 9.17) is 4.74 Å². The van der Waals surface area contributed by atoms with Crippen LogP contribution in [0.4, 0.5) is 0 Å². The van der Waals surface area contributed by atoms with Crippen molar-refractivity contribution < 1.29 is 4.74 Å². The molecule has 0 spiro atoms. The summed E-state index contributed by atoms with van der Waals surface area (Å²) in [5, 5.41) is 0.622. The zero-order chi connectivity index (χ0) is 15.4. The molecule has 1 heterocycles. The Bertz CT molecular complexity index is 817. The quantitative estimate of drug-likeness (QED) is 0.544. The van der Waals surface area contributed by atoms with Crippen LogP contribution in [0.15, 0.2) is 76.8 Å². The molecule has 0 aliphatic carbocycles. The van der Waals surface area contributed by atoms with E-state index in [1.54, 1.807) is 16.7 Å². The van der Waals surface area contributed by atoms with Crippen LogP contribution in [0.2, 0.25) is 0 Å². The van der Waals surface area contributed by atoms with Crippen molar-refractivity contribution in [2.24, 2.45) is 0 Å². The van der Waals surface area contributed by atoms with E-state index in [-0.39, 0.29) is 11.3 Å². The minimum Gasteiger partial charge on any atom is -0.450 e. The van der Waals surface area contributed by atoms with E-state index in [9.17, 15) is 4.79 Å². The molecular weight excluding hydrogens is 296 g/mol. The van der Waals surface area contributed by atoms with E-state index in [1.165, 1.54) is 18.0 Å². The zero-order valence-corrected chi connectivity index (χ0v) is 12.8. The Balaban J connectivity index is 2.09. The van der Waals surface area contributed by atoms with E-state index in [1.807, 2.05) is 54.8 Å². The summed E-state index contributed by atoms with van der Waals surface area (Å²) in [6.07, 6.45) is 3.36. The monoisotopic (exact) mass is 310 g/mol. The summed E-state index contributed by atoms with van der Waals surface area (Å²) in [6.45, 7) is 0. The maximum absolute atomic E-state index is 12.7. The molecule has 0 bridgehead atoms. The highest BCUT2D eigenvalue weighted by Crippen LogP contribution is 2.21. The van der Waals surface area contributed by atoms with Gasteiger partial charge in [-0.1, -0.05) is 48.2 Å². The molecule has 22 heavy (non-hydrogen) atoms. The van der Waals surface area contributed by atoms with Crippen LogP contribution < -0.4 is 10.3 Å². The van der Waals surface area contributed by atoms with E-state index < -0.39 is 0 Å². The van der Waals surface area contributed by atoms with Crippen molar-refractivity contribution in [2.75, 3.05) is 6.26 Å². The van der Waals surface area contributed by atoms with Gasteiger partial charge >= 0.3 is 5.56 Å².